The van der Waals surface area contributed by atoms with Gasteiger partial charge in [-0.3, -0.25) is 19.3 Å². The van der Waals surface area contributed by atoms with E-state index in [0.717, 1.165) is 16.7 Å². The van der Waals surface area contributed by atoms with Gasteiger partial charge in [0.05, 0.1) is 19.7 Å². The van der Waals surface area contributed by atoms with Crippen molar-refractivity contribution in [3.8, 4) is 5.75 Å². The molecule has 1 fully saturated rings. The van der Waals surface area contributed by atoms with Gasteiger partial charge in [0.25, 0.3) is 5.24 Å². The molecule has 0 aromatic heterocycles. The Hall–Kier alpha value is -2.22. The zero-order chi connectivity index (χ0) is 16.8. The van der Waals surface area contributed by atoms with Crippen LogP contribution in [0.25, 0.3) is 0 Å². The van der Waals surface area contributed by atoms with E-state index >= 15 is 0 Å². The van der Waals surface area contributed by atoms with Crippen LogP contribution in [0.3, 0.4) is 0 Å². The lowest BCUT2D eigenvalue weighted by Crippen LogP contribution is -2.36. The van der Waals surface area contributed by atoms with Crippen LogP contribution in [0.4, 0.5) is 10.5 Å². The number of imide groups is 1. The largest absolute Gasteiger partial charge is 0.508 e. The van der Waals surface area contributed by atoms with Gasteiger partial charge in [0, 0.05) is 11.8 Å². The van der Waals surface area contributed by atoms with Gasteiger partial charge in [0.15, 0.2) is 0 Å². The summed E-state index contributed by atoms with van der Waals surface area (Å²) in [6, 6.07) is 6.35. The first-order valence-corrected chi connectivity index (χ1v) is 8.09. The van der Waals surface area contributed by atoms with Gasteiger partial charge in [-0.05, 0) is 18.6 Å². The molecule has 0 saturated carbocycles. The molecule has 1 aromatic carbocycles. The molecule has 2 N–H and O–H groups in total. The fraction of sp³-hybridized carbons (Fsp3) is 0.400. The fourth-order valence-electron chi connectivity index (χ4n) is 1.98. The molecule has 0 bridgehead atoms. The van der Waals surface area contributed by atoms with Crippen molar-refractivity contribution in [2.75, 3.05) is 18.6 Å². The number of anilines is 1. The van der Waals surface area contributed by atoms with Gasteiger partial charge in [0.1, 0.15) is 11.0 Å². The van der Waals surface area contributed by atoms with Crippen molar-refractivity contribution in [2.24, 2.45) is 0 Å². The molecule has 23 heavy (non-hydrogen) atoms. The number of benzene rings is 1. The Morgan fingerprint density at radius 1 is 1.43 bits per heavy atom. The number of carbonyl (C=O) groups excluding carboxylic acids is 3. The standard InChI is InChI=1S/C15H18N2O5S/c1-2-6-22-13(19)8-12-14(20)17(15(21)23-12)9-16-10-4-3-5-11(18)7-10/h3-5,7,12,16,18H,2,6,8-9H2,1H3. The van der Waals surface area contributed by atoms with Crippen molar-refractivity contribution in [1.82, 2.24) is 4.90 Å². The lowest BCUT2D eigenvalue weighted by atomic mass is 10.2. The highest BCUT2D eigenvalue weighted by Crippen LogP contribution is 2.29. The third kappa shape index (κ3) is 4.62. The molecule has 124 valence electrons. The Morgan fingerprint density at radius 2 is 2.22 bits per heavy atom. The Labute approximate surface area is 138 Å². The molecule has 2 amide bonds. The van der Waals surface area contributed by atoms with E-state index in [9.17, 15) is 19.5 Å². The molecule has 1 aliphatic rings. The van der Waals surface area contributed by atoms with Crippen molar-refractivity contribution >= 4 is 34.6 Å². The third-order valence-corrected chi connectivity index (χ3v) is 4.19. The van der Waals surface area contributed by atoms with E-state index in [-0.39, 0.29) is 18.8 Å². The van der Waals surface area contributed by atoms with Crippen molar-refractivity contribution < 1.29 is 24.2 Å². The average molecular weight is 338 g/mol. The Kier molecular flexibility index (Phi) is 5.86. The van der Waals surface area contributed by atoms with E-state index < -0.39 is 22.4 Å². The molecule has 0 aliphatic carbocycles. The monoisotopic (exact) mass is 338 g/mol. The molecular weight excluding hydrogens is 320 g/mol. The first-order valence-electron chi connectivity index (χ1n) is 7.21. The highest BCUT2D eigenvalue weighted by atomic mass is 32.2. The number of rotatable bonds is 7. The second kappa shape index (κ2) is 7.87. The number of esters is 1. The fourth-order valence-corrected chi connectivity index (χ4v) is 2.96. The Bertz CT molecular complexity index is 607. The molecule has 1 atom stereocenters. The molecule has 1 heterocycles. The van der Waals surface area contributed by atoms with Crippen LogP contribution in [0.5, 0.6) is 5.75 Å². The zero-order valence-corrected chi connectivity index (χ0v) is 13.5. The van der Waals surface area contributed by atoms with E-state index in [2.05, 4.69) is 5.32 Å². The van der Waals surface area contributed by atoms with E-state index in [0.29, 0.717) is 18.7 Å². The summed E-state index contributed by atoms with van der Waals surface area (Å²) in [6.07, 6.45) is 0.592. The molecule has 8 heteroatoms. The summed E-state index contributed by atoms with van der Waals surface area (Å²) >= 11 is 0.829. The number of carbonyl (C=O) groups is 3. The van der Waals surface area contributed by atoms with Gasteiger partial charge in [-0.15, -0.1) is 0 Å². The molecular formula is C15H18N2O5S. The second-order valence-electron chi connectivity index (χ2n) is 4.95. The highest BCUT2D eigenvalue weighted by Gasteiger charge is 2.40. The lowest BCUT2D eigenvalue weighted by molar-refractivity contribution is -0.145. The van der Waals surface area contributed by atoms with E-state index in [1.165, 1.54) is 12.1 Å². The van der Waals surface area contributed by atoms with Gasteiger partial charge in [-0.2, -0.15) is 0 Å². The van der Waals surface area contributed by atoms with Crippen LogP contribution in [0.1, 0.15) is 19.8 Å². The number of nitrogens with zero attached hydrogens (tertiary/aromatic N) is 1. The number of phenolic OH excluding ortho intramolecular Hbond substituents is 1. The number of hydrogen-bond donors (Lipinski definition) is 2. The minimum atomic E-state index is -0.738. The normalized spacial score (nSPS) is 17.4. The maximum atomic E-state index is 12.2. The number of nitrogens with one attached hydrogen (secondary N) is 1. The summed E-state index contributed by atoms with van der Waals surface area (Å²) in [6.45, 7) is 2.16. The summed E-state index contributed by atoms with van der Waals surface area (Å²) in [5.41, 5.74) is 0.585. The van der Waals surface area contributed by atoms with Gasteiger partial charge in [0.2, 0.25) is 5.91 Å². The summed E-state index contributed by atoms with van der Waals surface area (Å²) in [5.74, 6) is -0.811. The van der Waals surface area contributed by atoms with E-state index in [4.69, 9.17) is 4.74 Å². The smallest absolute Gasteiger partial charge is 0.307 e. The summed E-state index contributed by atoms with van der Waals surface area (Å²) in [5, 5.41) is 11.1. The second-order valence-corrected chi connectivity index (χ2v) is 6.10. The van der Waals surface area contributed by atoms with Gasteiger partial charge < -0.3 is 15.2 Å². The van der Waals surface area contributed by atoms with Crippen LogP contribution < -0.4 is 5.32 Å². The summed E-state index contributed by atoms with van der Waals surface area (Å²) in [4.78, 5) is 36.7. The third-order valence-electron chi connectivity index (χ3n) is 3.11. The number of hydrogen-bond acceptors (Lipinski definition) is 7. The molecule has 1 aromatic rings. The predicted molar refractivity (Wildman–Crippen MR) is 86.1 cm³/mol. The first-order chi connectivity index (χ1) is 11.0. The minimum Gasteiger partial charge on any atom is -0.508 e. The molecule has 1 saturated heterocycles. The highest BCUT2D eigenvalue weighted by molar-refractivity contribution is 8.15. The Morgan fingerprint density at radius 3 is 2.91 bits per heavy atom. The van der Waals surface area contributed by atoms with Crippen LogP contribution in [-0.2, 0) is 14.3 Å². The van der Waals surface area contributed by atoms with Crippen LogP contribution in [-0.4, -0.2) is 45.6 Å². The maximum Gasteiger partial charge on any atom is 0.307 e. The minimum absolute atomic E-state index is 0.0192. The molecule has 2 rings (SSSR count). The number of thioether (sulfide) groups is 1. The van der Waals surface area contributed by atoms with Crippen LogP contribution in [0.15, 0.2) is 24.3 Å². The van der Waals surface area contributed by atoms with Crippen LogP contribution in [0.2, 0.25) is 0 Å². The van der Waals surface area contributed by atoms with Gasteiger partial charge in [-0.1, -0.05) is 24.8 Å². The number of phenols is 1. The average Bonchev–Trinajstić information content (AvgIpc) is 2.77. The zero-order valence-electron chi connectivity index (χ0n) is 12.7. The summed E-state index contributed by atoms with van der Waals surface area (Å²) in [7, 11) is 0. The topological polar surface area (TPSA) is 95.9 Å². The Balaban J connectivity index is 1.89. The van der Waals surface area contributed by atoms with Crippen molar-refractivity contribution in [3.05, 3.63) is 24.3 Å². The van der Waals surface area contributed by atoms with Gasteiger partial charge in [-0.25, -0.2) is 0 Å². The van der Waals surface area contributed by atoms with E-state index in [1.54, 1.807) is 12.1 Å². The van der Waals surface area contributed by atoms with Crippen LogP contribution >= 0.6 is 11.8 Å². The lowest BCUT2D eigenvalue weighted by Gasteiger charge is -2.15. The molecule has 1 unspecified atom stereocenters. The molecule has 0 radical (unpaired) electrons. The first kappa shape index (κ1) is 17.1. The van der Waals surface area contributed by atoms with Crippen molar-refractivity contribution in [3.63, 3.8) is 0 Å². The number of amides is 2. The predicted octanol–water partition coefficient (Wildman–Crippen LogP) is 2.17. The van der Waals surface area contributed by atoms with Crippen molar-refractivity contribution in [2.45, 2.75) is 25.0 Å². The SMILES string of the molecule is CCCOC(=O)CC1SC(=O)N(CNc2cccc(O)c2)C1=O. The summed E-state index contributed by atoms with van der Waals surface area (Å²) < 4.78 is 4.94. The van der Waals surface area contributed by atoms with E-state index in [1.807, 2.05) is 6.92 Å². The number of aromatic hydroxyl groups is 1. The quantitative estimate of drug-likeness (QED) is 0.736. The maximum absolute atomic E-state index is 12.2. The van der Waals surface area contributed by atoms with Gasteiger partial charge >= 0.3 is 5.97 Å². The number of ether oxygens (including phenoxy) is 1. The van der Waals surface area contributed by atoms with Crippen LogP contribution in [0, 0.1) is 0 Å². The molecule has 7 nitrogen and oxygen atoms in total. The molecule has 1 aliphatic heterocycles. The molecule has 0 spiro atoms. The van der Waals surface area contributed by atoms with Crippen molar-refractivity contribution in [1.29, 1.82) is 0 Å².